The summed E-state index contributed by atoms with van der Waals surface area (Å²) < 4.78 is 5.48. The molecule has 1 N–H and O–H groups in total. The van der Waals surface area contributed by atoms with Crippen molar-refractivity contribution in [1.29, 1.82) is 0 Å². The number of aromatic carboxylic acids is 1. The van der Waals surface area contributed by atoms with Gasteiger partial charge in [-0.15, -0.1) is 0 Å². The smallest absolute Gasteiger partial charge is 0.338 e. The Morgan fingerprint density at radius 2 is 1.81 bits per heavy atom. The first-order chi connectivity index (χ1) is 13.1. The molecule has 5 nitrogen and oxygen atoms in total. The van der Waals surface area contributed by atoms with Crippen molar-refractivity contribution in [2.75, 3.05) is 31.2 Å². The molecule has 4 rings (SSSR count). The molecule has 0 unspecified atom stereocenters. The number of rotatable bonds is 3. The number of fused-ring (bicyclic) bond motifs is 1. The van der Waals surface area contributed by atoms with E-state index in [1.807, 2.05) is 30.3 Å². The van der Waals surface area contributed by atoms with E-state index >= 15 is 0 Å². The first-order valence-electron chi connectivity index (χ1n) is 9.12. The van der Waals surface area contributed by atoms with Crippen molar-refractivity contribution in [2.24, 2.45) is 0 Å². The second kappa shape index (κ2) is 7.00. The van der Waals surface area contributed by atoms with E-state index in [1.54, 1.807) is 0 Å². The van der Waals surface area contributed by atoms with Crippen molar-refractivity contribution in [3.8, 4) is 11.3 Å². The Bertz CT molecular complexity index is 1020. The largest absolute Gasteiger partial charge is 0.478 e. The molecule has 0 atom stereocenters. The third kappa shape index (κ3) is 3.15. The van der Waals surface area contributed by atoms with Crippen LogP contribution in [0.15, 0.2) is 42.5 Å². The zero-order valence-electron chi connectivity index (χ0n) is 15.5. The summed E-state index contributed by atoms with van der Waals surface area (Å²) in [5, 5.41) is 10.7. The highest BCUT2D eigenvalue weighted by Gasteiger charge is 2.26. The molecule has 1 aliphatic rings. The van der Waals surface area contributed by atoms with Gasteiger partial charge in [-0.25, -0.2) is 9.78 Å². The van der Waals surface area contributed by atoms with Gasteiger partial charge in [0.2, 0.25) is 0 Å². The topological polar surface area (TPSA) is 62.7 Å². The molecule has 138 valence electrons. The Morgan fingerprint density at radius 3 is 2.52 bits per heavy atom. The average Bonchev–Trinajstić information content (AvgIpc) is 2.69. The molecule has 2 heterocycles. The van der Waals surface area contributed by atoms with E-state index in [9.17, 15) is 9.90 Å². The van der Waals surface area contributed by atoms with Crippen molar-refractivity contribution in [3.63, 3.8) is 0 Å². The molecule has 5 heteroatoms. The summed E-state index contributed by atoms with van der Waals surface area (Å²) in [6.45, 7) is 6.59. The molecule has 1 saturated heterocycles. The maximum absolute atomic E-state index is 12.3. The molecule has 0 radical (unpaired) electrons. The first kappa shape index (κ1) is 17.5. The van der Waals surface area contributed by atoms with Gasteiger partial charge in [0.1, 0.15) is 0 Å². The molecule has 0 spiro atoms. The Balaban J connectivity index is 2.06. The number of morpholine rings is 1. The number of hydrogen-bond acceptors (Lipinski definition) is 4. The summed E-state index contributed by atoms with van der Waals surface area (Å²) in [6, 6.07) is 13.6. The minimum Gasteiger partial charge on any atom is -0.478 e. The molecule has 0 amide bonds. The number of para-hydroxylation sites is 1. The van der Waals surface area contributed by atoms with Gasteiger partial charge < -0.3 is 14.7 Å². The zero-order valence-corrected chi connectivity index (χ0v) is 15.5. The van der Waals surface area contributed by atoms with Crippen LogP contribution in [0, 0.1) is 13.8 Å². The van der Waals surface area contributed by atoms with Gasteiger partial charge in [0.05, 0.1) is 35.7 Å². The van der Waals surface area contributed by atoms with E-state index in [4.69, 9.17) is 9.72 Å². The van der Waals surface area contributed by atoms with Crippen molar-refractivity contribution < 1.29 is 14.6 Å². The maximum Gasteiger partial charge on any atom is 0.338 e. The number of aromatic nitrogens is 1. The molecule has 0 bridgehead atoms. The lowest BCUT2D eigenvalue weighted by Crippen LogP contribution is -2.37. The fourth-order valence-electron chi connectivity index (χ4n) is 3.60. The standard InChI is InChI=1S/C22H22N2O3/c1-14-7-8-16(13-15(14)2)20-21(24-9-11-27-12-10-24)19(22(25)26)17-5-3-4-6-18(17)23-20/h3-8,13H,9-12H2,1-2H3,(H,25,26). The van der Waals surface area contributed by atoms with Gasteiger partial charge in [0, 0.05) is 24.0 Å². The van der Waals surface area contributed by atoms with Crippen molar-refractivity contribution in [3.05, 3.63) is 59.2 Å². The number of anilines is 1. The third-order valence-electron chi connectivity index (χ3n) is 5.19. The second-order valence-electron chi connectivity index (χ2n) is 6.90. The lowest BCUT2D eigenvalue weighted by Gasteiger charge is -2.32. The van der Waals surface area contributed by atoms with Gasteiger partial charge in [0.25, 0.3) is 0 Å². The molecule has 1 aliphatic heterocycles. The van der Waals surface area contributed by atoms with Gasteiger partial charge in [0.15, 0.2) is 0 Å². The zero-order chi connectivity index (χ0) is 19.0. The molecule has 0 saturated carbocycles. The van der Waals surface area contributed by atoms with Crippen molar-refractivity contribution in [1.82, 2.24) is 4.98 Å². The normalized spacial score (nSPS) is 14.5. The van der Waals surface area contributed by atoms with E-state index in [-0.39, 0.29) is 0 Å². The van der Waals surface area contributed by atoms with Crippen LogP contribution in [0.2, 0.25) is 0 Å². The van der Waals surface area contributed by atoms with Gasteiger partial charge in [-0.2, -0.15) is 0 Å². The monoisotopic (exact) mass is 362 g/mol. The fraction of sp³-hybridized carbons (Fsp3) is 0.273. The molecule has 27 heavy (non-hydrogen) atoms. The predicted octanol–water partition coefficient (Wildman–Crippen LogP) is 4.05. The van der Waals surface area contributed by atoms with Crippen LogP contribution in [0.5, 0.6) is 0 Å². The highest BCUT2D eigenvalue weighted by Crippen LogP contribution is 2.38. The van der Waals surface area contributed by atoms with Gasteiger partial charge in [-0.1, -0.05) is 30.3 Å². The van der Waals surface area contributed by atoms with Crippen LogP contribution in [-0.4, -0.2) is 42.4 Å². The number of carboxylic acids is 1. The Hall–Kier alpha value is -2.92. The molecule has 1 aromatic heterocycles. The summed E-state index contributed by atoms with van der Waals surface area (Å²) in [6.07, 6.45) is 0. The third-order valence-corrected chi connectivity index (χ3v) is 5.19. The van der Waals surface area contributed by atoms with Crippen LogP contribution >= 0.6 is 0 Å². The predicted molar refractivity (Wildman–Crippen MR) is 107 cm³/mol. The summed E-state index contributed by atoms with van der Waals surface area (Å²) in [4.78, 5) is 19.3. The van der Waals surface area contributed by atoms with Crippen molar-refractivity contribution >= 4 is 22.6 Å². The van der Waals surface area contributed by atoms with E-state index in [0.29, 0.717) is 48.5 Å². The molecular formula is C22H22N2O3. The number of carbonyl (C=O) groups is 1. The van der Waals surface area contributed by atoms with E-state index in [2.05, 4.69) is 30.9 Å². The van der Waals surface area contributed by atoms with Crippen LogP contribution in [0.4, 0.5) is 5.69 Å². The molecular weight excluding hydrogens is 340 g/mol. The Morgan fingerprint density at radius 1 is 1.07 bits per heavy atom. The number of ether oxygens (including phenoxy) is 1. The summed E-state index contributed by atoms with van der Waals surface area (Å²) >= 11 is 0. The number of hydrogen-bond donors (Lipinski definition) is 1. The van der Waals surface area contributed by atoms with Crippen LogP contribution < -0.4 is 4.90 Å². The minimum atomic E-state index is -0.930. The first-order valence-corrected chi connectivity index (χ1v) is 9.12. The van der Waals surface area contributed by atoms with Crippen LogP contribution in [0.25, 0.3) is 22.2 Å². The summed E-state index contributed by atoms with van der Waals surface area (Å²) in [5.74, 6) is -0.930. The number of aryl methyl sites for hydroxylation is 2. The van der Waals surface area contributed by atoms with E-state index in [0.717, 1.165) is 16.8 Å². The van der Waals surface area contributed by atoms with Crippen molar-refractivity contribution in [2.45, 2.75) is 13.8 Å². The van der Waals surface area contributed by atoms with Crippen LogP contribution in [0.3, 0.4) is 0 Å². The Kier molecular flexibility index (Phi) is 4.54. The fourth-order valence-corrected chi connectivity index (χ4v) is 3.60. The van der Waals surface area contributed by atoms with Crippen LogP contribution in [0.1, 0.15) is 21.5 Å². The van der Waals surface area contributed by atoms with E-state index in [1.165, 1.54) is 5.56 Å². The van der Waals surface area contributed by atoms with Crippen LogP contribution in [-0.2, 0) is 4.74 Å². The van der Waals surface area contributed by atoms with Gasteiger partial charge in [-0.3, -0.25) is 0 Å². The molecule has 1 fully saturated rings. The number of carboxylic acid groups (broad SMARTS) is 1. The quantitative estimate of drug-likeness (QED) is 0.761. The maximum atomic E-state index is 12.3. The number of pyridine rings is 1. The number of benzene rings is 2. The molecule has 2 aromatic carbocycles. The average molecular weight is 362 g/mol. The highest BCUT2D eigenvalue weighted by molar-refractivity contribution is 6.10. The van der Waals surface area contributed by atoms with Gasteiger partial charge in [-0.05, 0) is 37.1 Å². The van der Waals surface area contributed by atoms with Gasteiger partial charge >= 0.3 is 5.97 Å². The lowest BCUT2D eigenvalue weighted by molar-refractivity contribution is 0.0698. The van der Waals surface area contributed by atoms with E-state index < -0.39 is 5.97 Å². The SMILES string of the molecule is Cc1ccc(-c2nc3ccccc3c(C(=O)O)c2N2CCOCC2)cc1C. The molecule has 0 aliphatic carbocycles. The highest BCUT2D eigenvalue weighted by atomic mass is 16.5. The number of nitrogens with zero attached hydrogens (tertiary/aromatic N) is 2. The Labute approximate surface area is 158 Å². The lowest BCUT2D eigenvalue weighted by atomic mass is 9.97. The minimum absolute atomic E-state index is 0.315. The molecule has 3 aromatic rings. The summed E-state index contributed by atoms with van der Waals surface area (Å²) in [5.41, 5.74) is 5.71. The second-order valence-corrected chi connectivity index (χ2v) is 6.90. The summed E-state index contributed by atoms with van der Waals surface area (Å²) in [7, 11) is 0.